The summed E-state index contributed by atoms with van der Waals surface area (Å²) in [7, 11) is 0. The van der Waals surface area contributed by atoms with E-state index in [1.54, 1.807) is 0 Å². The summed E-state index contributed by atoms with van der Waals surface area (Å²) in [6, 6.07) is 20.2. The van der Waals surface area contributed by atoms with Crippen molar-refractivity contribution in [2.45, 2.75) is 50.3 Å². The Morgan fingerprint density at radius 2 is 1.58 bits per heavy atom. The molecule has 3 saturated heterocycles. The maximum absolute atomic E-state index is 13.3. The number of carbonyl (C=O) groups is 2. The van der Waals surface area contributed by atoms with Crippen LogP contribution < -0.4 is 0 Å². The van der Waals surface area contributed by atoms with Crippen LogP contribution in [-0.2, 0) is 26.4 Å². The minimum absolute atomic E-state index is 0.0500. The van der Waals surface area contributed by atoms with Crippen molar-refractivity contribution in [3.63, 3.8) is 0 Å². The molecule has 0 aliphatic carbocycles. The Morgan fingerprint density at radius 1 is 0.970 bits per heavy atom. The van der Waals surface area contributed by atoms with E-state index in [-0.39, 0.29) is 17.9 Å². The highest BCUT2D eigenvalue weighted by Gasteiger charge is 2.63. The van der Waals surface area contributed by atoms with Gasteiger partial charge in [0.1, 0.15) is 11.1 Å². The Hall–Kier alpha value is -2.86. The lowest BCUT2D eigenvalue weighted by molar-refractivity contribution is -0.144. The van der Waals surface area contributed by atoms with Crippen molar-refractivity contribution in [2.24, 2.45) is 5.92 Å². The van der Waals surface area contributed by atoms with E-state index in [9.17, 15) is 9.59 Å². The van der Waals surface area contributed by atoms with E-state index < -0.39 is 11.1 Å². The number of likely N-dealkylation sites (tertiary alicyclic amines) is 1. The van der Waals surface area contributed by atoms with Gasteiger partial charge in [-0.1, -0.05) is 60.7 Å². The zero-order chi connectivity index (χ0) is 22.9. The van der Waals surface area contributed by atoms with Gasteiger partial charge in [0.25, 0.3) is 0 Å². The van der Waals surface area contributed by atoms with E-state index in [4.69, 9.17) is 9.47 Å². The normalized spacial score (nSPS) is 25.3. The molecule has 3 aliphatic heterocycles. The molecule has 6 nitrogen and oxygen atoms in total. The van der Waals surface area contributed by atoms with Crippen LogP contribution in [0.1, 0.15) is 43.7 Å². The lowest BCUT2D eigenvalue weighted by Gasteiger charge is -2.48. The fourth-order valence-corrected chi connectivity index (χ4v) is 5.80. The smallest absolute Gasteiger partial charge is 0.411 e. The number of ether oxygens (including phenoxy) is 2. The highest BCUT2D eigenvalue weighted by atomic mass is 16.6. The Balaban J connectivity index is 1.43. The maximum Gasteiger partial charge on any atom is 0.411 e. The Morgan fingerprint density at radius 3 is 2.21 bits per heavy atom. The minimum atomic E-state index is -0.674. The molecule has 1 unspecified atom stereocenters. The van der Waals surface area contributed by atoms with Gasteiger partial charge in [-0.05, 0) is 30.9 Å². The number of benzene rings is 2. The van der Waals surface area contributed by atoms with Gasteiger partial charge in [0, 0.05) is 45.1 Å². The molecule has 1 atom stereocenters. The van der Waals surface area contributed by atoms with Crippen LogP contribution >= 0.6 is 0 Å². The van der Waals surface area contributed by atoms with Gasteiger partial charge in [-0.25, -0.2) is 4.79 Å². The zero-order valence-electron chi connectivity index (χ0n) is 19.2. The van der Waals surface area contributed by atoms with Gasteiger partial charge in [-0.2, -0.15) is 0 Å². The molecule has 6 heteroatoms. The van der Waals surface area contributed by atoms with Crippen molar-refractivity contribution in [2.75, 3.05) is 26.3 Å². The Labute approximate surface area is 195 Å². The van der Waals surface area contributed by atoms with Crippen LogP contribution in [0.5, 0.6) is 0 Å². The maximum atomic E-state index is 13.3. The lowest BCUT2D eigenvalue weighted by atomic mass is 9.70. The number of rotatable bonds is 4. The van der Waals surface area contributed by atoms with Gasteiger partial charge in [-0.15, -0.1) is 0 Å². The molecule has 0 aromatic heterocycles. The molecule has 174 valence electrons. The van der Waals surface area contributed by atoms with Crippen molar-refractivity contribution in [3.8, 4) is 0 Å². The fraction of sp³-hybridized carbons (Fsp3) is 0.481. The van der Waals surface area contributed by atoms with Gasteiger partial charge in [-0.3, -0.25) is 9.69 Å². The van der Waals surface area contributed by atoms with Gasteiger partial charge in [0.05, 0.1) is 6.54 Å². The predicted molar refractivity (Wildman–Crippen MR) is 124 cm³/mol. The summed E-state index contributed by atoms with van der Waals surface area (Å²) >= 11 is 0. The second-order valence-corrected chi connectivity index (χ2v) is 9.58. The molecule has 3 aliphatic rings. The quantitative estimate of drug-likeness (QED) is 0.698. The third-order valence-electron chi connectivity index (χ3n) is 7.90. The predicted octanol–water partition coefficient (Wildman–Crippen LogP) is 4.34. The number of hydrogen-bond acceptors (Lipinski definition) is 4. The third-order valence-corrected chi connectivity index (χ3v) is 7.90. The first kappa shape index (κ1) is 22.0. The summed E-state index contributed by atoms with van der Waals surface area (Å²) in [6.45, 7) is 5.14. The first-order valence-electron chi connectivity index (χ1n) is 12.0. The summed E-state index contributed by atoms with van der Waals surface area (Å²) < 4.78 is 11.7. The summed E-state index contributed by atoms with van der Waals surface area (Å²) in [4.78, 5) is 30.3. The highest BCUT2D eigenvalue weighted by molar-refractivity contribution is 5.79. The van der Waals surface area contributed by atoms with E-state index in [1.165, 1.54) is 0 Å². The number of hydrogen-bond donors (Lipinski definition) is 0. The van der Waals surface area contributed by atoms with Crippen LogP contribution in [0, 0.1) is 5.92 Å². The van der Waals surface area contributed by atoms with Crippen molar-refractivity contribution in [3.05, 3.63) is 71.8 Å². The molecular formula is C27H32N2O4. The van der Waals surface area contributed by atoms with Crippen molar-refractivity contribution < 1.29 is 19.1 Å². The van der Waals surface area contributed by atoms with Crippen LogP contribution in [0.15, 0.2) is 60.7 Å². The van der Waals surface area contributed by atoms with Gasteiger partial charge in [0.15, 0.2) is 0 Å². The molecule has 0 saturated carbocycles. The molecule has 0 radical (unpaired) electrons. The number of amides is 2. The second kappa shape index (κ2) is 8.82. The van der Waals surface area contributed by atoms with E-state index in [0.717, 1.165) is 24.0 Å². The van der Waals surface area contributed by atoms with Crippen LogP contribution in [0.25, 0.3) is 0 Å². The standard InChI is InChI=1S/C27H32N2O4/c1-26(23-10-6-3-7-11-23)27(33-25(31)29(26)20-21-8-4-2-5-9-21)14-16-28(17-15-27)24(30)22-12-18-32-19-13-22/h2-11,22H,12-20H2,1H3. The molecule has 0 N–H and O–H groups in total. The van der Waals surface area contributed by atoms with Gasteiger partial charge < -0.3 is 14.4 Å². The molecule has 2 aromatic rings. The topological polar surface area (TPSA) is 59.1 Å². The number of piperidine rings is 1. The fourth-order valence-electron chi connectivity index (χ4n) is 5.80. The average Bonchev–Trinajstić information content (AvgIpc) is 3.07. The van der Waals surface area contributed by atoms with E-state index in [0.29, 0.717) is 45.7 Å². The Kier molecular flexibility index (Phi) is 5.87. The monoisotopic (exact) mass is 448 g/mol. The summed E-state index contributed by atoms with van der Waals surface area (Å²) in [6.07, 6.45) is 2.56. The average molecular weight is 449 g/mol. The summed E-state index contributed by atoms with van der Waals surface area (Å²) in [5, 5.41) is 0. The van der Waals surface area contributed by atoms with E-state index in [2.05, 4.69) is 19.1 Å². The van der Waals surface area contributed by atoms with Crippen LogP contribution in [0.4, 0.5) is 4.79 Å². The zero-order valence-corrected chi connectivity index (χ0v) is 19.2. The molecule has 0 bridgehead atoms. The molecule has 3 fully saturated rings. The molecule has 2 aromatic carbocycles. The molecule has 5 rings (SSSR count). The van der Waals surface area contributed by atoms with Crippen molar-refractivity contribution in [1.29, 1.82) is 0 Å². The minimum Gasteiger partial charge on any atom is -0.440 e. The molecule has 2 amide bonds. The summed E-state index contributed by atoms with van der Waals surface area (Å²) in [5.74, 6) is 0.272. The molecular weight excluding hydrogens is 416 g/mol. The summed E-state index contributed by atoms with van der Waals surface area (Å²) in [5.41, 5.74) is 0.832. The highest BCUT2D eigenvalue weighted by Crippen LogP contribution is 2.52. The SMILES string of the molecule is CC1(c2ccccc2)N(Cc2ccccc2)C(=O)OC12CCN(C(=O)C1CCOCC1)CC2. The van der Waals surface area contributed by atoms with Crippen molar-refractivity contribution in [1.82, 2.24) is 9.80 Å². The second-order valence-electron chi connectivity index (χ2n) is 9.58. The van der Waals surface area contributed by atoms with Crippen molar-refractivity contribution >= 4 is 12.0 Å². The number of nitrogens with zero attached hydrogens (tertiary/aromatic N) is 2. The molecule has 3 heterocycles. The first-order chi connectivity index (χ1) is 16.0. The molecule has 33 heavy (non-hydrogen) atoms. The van der Waals surface area contributed by atoms with Gasteiger partial charge >= 0.3 is 6.09 Å². The third kappa shape index (κ3) is 3.80. The number of carbonyl (C=O) groups excluding carboxylic acids is 2. The van der Waals surface area contributed by atoms with Crippen LogP contribution in [0.2, 0.25) is 0 Å². The Bertz CT molecular complexity index is 982. The van der Waals surface area contributed by atoms with Gasteiger partial charge in [0.2, 0.25) is 5.91 Å². The van der Waals surface area contributed by atoms with Crippen LogP contribution in [0.3, 0.4) is 0 Å². The van der Waals surface area contributed by atoms with E-state index in [1.807, 2.05) is 58.3 Å². The lowest BCUT2D eigenvalue weighted by Crippen LogP contribution is -2.59. The first-order valence-corrected chi connectivity index (χ1v) is 12.0. The van der Waals surface area contributed by atoms with Crippen LogP contribution in [-0.4, -0.2) is 53.7 Å². The molecule has 1 spiro atoms. The van der Waals surface area contributed by atoms with E-state index >= 15 is 0 Å². The largest absolute Gasteiger partial charge is 0.440 e.